The van der Waals surface area contributed by atoms with E-state index in [9.17, 15) is 4.79 Å². The van der Waals surface area contributed by atoms with Crippen molar-refractivity contribution in [3.05, 3.63) is 63.0 Å². The zero-order valence-corrected chi connectivity index (χ0v) is 15.3. The van der Waals surface area contributed by atoms with Crippen LogP contribution in [0.25, 0.3) is 4.96 Å². The summed E-state index contributed by atoms with van der Waals surface area (Å²) in [4.78, 5) is 20.3. The largest absolute Gasteiger partial charge is 0.497 e. The van der Waals surface area contributed by atoms with Gasteiger partial charge in [0.1, 0.15) is 5.75 Å². The molecule has 4 rings (SSSR count). The third-order valence-electron chi connectivity index (χ3n) is 4.84. The number of fused-ring (bicyclic) bond motifs is 1. The van der Waals surface area contributed by atoms with E-state index in [1.165, 1.54) is 16.9 Å². The summed E-state index contributed by atoms with van der Waals surface area (Å²) < 4.78 is 7.04. The lowest BCUT2D eigenvalue weighted by molar-refractivity contribution is 0.245. The molecule has 1 atom stereocenters. The smallest absolute Gasteiger partial charge is 0.259 e. The molecule has 3 heterocycles. The van der Waals surface area contributed by atoms with Gasteiger partial charge >= 0.3 is 0 Å². The molecule has 0 amide bonds. The van der Waals surface area contributed by atoms with Gasteiger partial charge in [-0.05, 0) is 44.0 Å². The minimum absolute atomic E-state index is 0.0101. The van der Waals surface area contributed by atoms with Crippen LogP contribution in [-0.2, 0) is 6.54 Å². The second-order valence-electron chi connectivity index (χ2n) is 6.49. The number of ether oxygens (including phenoxy) is 1. The fourth-order valence-corrected chi connectivity index (χ4v) is 4.52. The van der Waals surface area contributed by atoms with Crippen molar-refractivity contribution in [1.29, 1.82) is 0 Å². The molecule has 1 fully saturated rings. The first-order valence-corrected chi connectivity index (χ1v) is 9.38. The summed E-state index contributed by atoms with van der Waals surface area (Å²) in [6, 6.07) is 10.3. The number of likely N-dealkylation sites (tertiary alicyclic amines) is 1. The summed E-state index contributed by atoms with van der Waals surface area (Å²) in [6.45, 7) is 3.66. The van der Waals surface area contributed by atoms with E-state index in [0.717, 1.165) is 41.5 Å². The number of hydrogen-bond donors (Lipinski definition) is 0. The van der Waals surface area contributed by atoms with E-state index in [4.69, 9.17) is 9.72 Å². The Hall–Kier alpha value is -2.18. The third-order valence-corrected chi connectivity index (χ3v) is 5.78. The number of rotatable bonds is 4. The van der Waals surface area contributed by atoms with Crippen molar-refractivity contribution in [2.45, 2.75) is 32.4 Å². The van der Waals surface area contributed by atoms with Crippen molar-refractivity contribution in [3.8, 4) is 5.75 Å². The predicted molar refractivity (Wildman–Crippen MR) is 99.5 cm³/mol. The molecule has 5 nitrogen and oxygen atoms in total. The van der Waals surface area contributed by atoms with Gasteiger partial charge in [0, 0.05) is 29.7 Å². The zero-order chi connectivity index (χ0) is 17.4. The Morgan fingerprint density at radius 3 is 3.08 bits per heavy atom. The van der Waals surface area contributed by atoms with Crippen LogP contribution in [0.4, 0.5) is 0 Å². The van der Waals surface area contributed by atoms with Crippen molar-refractivity contribution in [3.63, 3.8) is 0 Å². The van der Waals surface area contributed by atoms with Gasteiger partial charge in [0.15, 0.2) is 4.96 Å². The van der Waals surface area contributed by atoms with Gasteiger partial charge in [0.05, 0.1) is 12.8 Å². The molecular weight excluding hydrogens is 334 g/mol. The molecule has 6 heteroatoms. The lowest BCUT2D eigenvalue weighted by Gasteiger charge is -2.24. The van der Waals surface area contributed by atoms with Crippen LogP contribution < -0.4 is 10.3 Å². The molecule has 0 unspecified atom stereocenters. The summed E-state index contributed by atoms with van der Waals surface area (Å²) in [7, 11) is 1.70. The summed E-state index contributed by atoms with van der Waals surface area (Å²) in [5.74, 6) is 0.885. The van der Waals surface area contributed by atoms with Gasteiger partial charge in [-0.1, -0.05) is 12.1 Å². The van der Waals surface area contributed by atoms with Gasteiger partial charge in [-0.15, -0.1) is 11.3 Å². The van der Waals surface area contributed by atoms with Crippen molar-refractivity contribution < 1.29 is 4.74 Å². The number of thiazole rings is 1. The quantitative estimate of drug-likeness (QED) is 0.719. The van der Waals surface area contributed by atoms with Crippen molar-refractivity contribution >= 4 is 16.3 Å². The molecule has 1 aliphatic heterocycles. The fourth-order valence-electron chi connectivity index (χ4n) is 3.63. The Morgan fingerprint density at radius 2 is 2.24 bits per heavy atom. The molecule has 25 heavy (non-hydrogen) atoms. The Morgan fingerprint density at radius 1 is 1.36 bits per heavy atom. The number of hydrogen-bond acceptors (Lipinski definition) is 5. The SMILES string of the molecule is COc1cccc([C@@H]2CCCN2Cc2cc(=O)n3c(C)csc3n2)c1. The van der Waals surface area contributed by atoms with Gasteiger partial charge in [0.25, 0.3) is 5.56 Å². The van der Waals surface area contributed by atoms with Crippen LogP contribution in [0.15, 0.2) is 40.5 Å². The highest BCUT2D eigenvalue weighted by Crippen LogP contribution is 2.34. The lowest BCUT2D eigenvalue weighted by atomic mass is 10.0. The predicted octanol–water partition coefficient (Wildman–Crippen LogP) is 3.41. The lowest BCUT2D eigenvalue weighted by Crippen LogP contribution is -2.25. The Bertz CT molecular complexity index is 963. The summed E-state index contributed by atoms with van der Waals surface area (Å²) in [5.41, 5.74) is 3.07. The molecule has 1 aromatic carbocycles. The highest BCUT2D eigenvalue weighted by Gasteiger charge is 2.27. The molecule has 0 spiro atoms. The van der Waals surface area contributed by atoms with Gasteiger partial charge in [-0.25, -0.2) is 4.98 Å². The number of methoxy groups -OCH3 is 1. The first-order chi connectivity index (χ1) is 12.2. The maximum absolute atomic E-state index is 12.4. The molecule has 1 aliphatic rings. The standard InChI is InChI=1S/C19H21N3O2S/c1-13-12-25-19-20-15(10-18(23)22(13)19)11-21-8-4-7-17(21)14-5-3-6-16(9-14)24-2/h3,5-6,9-10,12,17H,4,7-8,11H2,1-2H3/t17-/m0/s1. The van der Waals surface area contributed by atoms with E-state index in [1.807, 2.05) is 24.4 Å². The number of aromatic nitrogens is 2. The Kier molecular flexibility index (Phi) is 4.31. The van der Waals surface area contributed by atoms with Gasteiger partial charge in [-0.2, -0.15) is 0 Å². The highest BCUT2D eigenvalue weighted by molar-refractivity contribution is 7.15. The van der Waals surface area contributed by atoms with Crippen LogP contribution in [0.3, 0.4) is 0 Å². The van der Waals surface area contributed by atoms with E-state index in [0.29, 0.717) is 12.6 Å². The molecule has 0 aliphatic carbocycles. The molecule has 0 bridgehead atoms. The maximum atomic E-state index is 12.4. The van der Waals surface area contributed by atoms with Crippen molar-refractivity contribution in [2.75, 3.05) is 13.7 Å². The zero-order valence-electron chi connectivity index (χ0n) is 14.4. The van der Waals surface area contributed by atoms with Gasteiger partial charge < -0.3 is 4.74 Å². The van der Waals surface area contributed by atoms with Crippen LogP contribution in [-0.4, -0.2) is 27.9 Å². The molecule has 1 saturated heterocycles. The second-order valence-corrected chi connectivity index (χ2v) is 7.32. The molecular formula is C19H21N3O2S. The Balaban J connectivity index is 1.62. The van der Waals surface area contributed by atoms with Gasteiger partial charge in [0.2, 0.25) is 0 Å². The van der Waals surface area contributed by atoms with E-state index in [-0.39, 0.29) is 5.56 Å². The van der Waals surface area contributed by atoms with E-state index in [1.54, 1.807) is 17.6 Å². The van der Waals surface area contributed by atoms with Crippen LogP contribution in [0.1, 0.15) is 35.8 Å². The minimum atomic E-state index is 0.0101. The van der Waals surface area contributed by atoms with Crippen LogP contribution >= 0.6 is 11.3 Å². The van der Waals surface area contributed by atoms with Gasteiger partial charge in [-0.3, -0.25) is 14.1 Å². The van der Waals surface area contributed by atoms with Crippen LogP contribution in [0.5, 0.6) is 5.75 Å². The molecule has 3 aromatic rings. The summed E-state index contributed by atoms with van der Waals surface area (Å²) >= 11 is 1.52. The van der Waals surface area contributed by atoms with Crippen LogP contribution in [0.2, 0.25) is 0 Å². The first-order valence-electron chi connectivity index (χ1n) is 8.50. The molecule has 0 radical (unpaired) electrons. The fraction of sp³-hybridized carbons (Fsp3) is 0.368. The topological polar surface area (TPSA) is 46.8 Å². The normalized spacial score (nSPS) is 18.1. The monoisotopic (exact) mass is 355 g/mol. The average Bonchev–Trinajstić information content (AvgIpc) is 3.22. The number of benzene rings is 1. The summed E-state index contributed by atoms with van der Waals surface area (Å²) in [6.07, 6.45) is 2.27. The second kappa shape index (κ2) is 6.61. The van der Waals surface area contributed by atoms with E-state index < -0.39 is 0 Å². The molecule has 0 saturated carbocycles. The molecule has 2 aromatic heterocycles. The summed E-state index contributed by atoms with van der Waals surface area (Å²) in [5, 5.41) is 1.97. The van der Waals surface area contributed by atoms with E-state index in [2.05, 4.69) is 17.0 Å². The highest BCUT2D eigenvalue weighted by atomic mass is 32.1. The molecule has 0 N–H and O–H groups in total. The average molecular weight is 355 g/mol. The maximum Gasteiger partial charge on any atom is 0.259 e. The van der Waals surface area contributed by atoms with E-state index >= 15 is 0 Å². The third kappa shape index (κ3) is 3.07. The Labute approximate surface area is 150 Å². The number of aryl methyl sites for hydroxylation is 1. The number of nitrogens with zero attached hydrogens (tertiary/aromatic N) is 3. The molecule has 130 valence electrons. The minimum Gasteiger partial charge on any atom is -0.497 e. The van der Waals surface area contributed by atoms with Crippen molar-refractivity contribution in [2.24, 2.45) is 0 Å². The first kappa shape index (κ1) is 16.3. The van der Waals surface area contributed by atoms with Crippen molar-refractivity contribution in [1.82, 2.24) is 14.3 Å². The van der Waals surface area contributed by atoms with Crippen LogP contribution in [0, 0.1) is 6.92 Å².